The summed E-state index contributed by atoms with van der Waals surface area (Å²) >= 11 is 6.09. The fourth-order valence-corrected chi connectivity index (χ4v) is 2.77. The maximum Gasteiger partial charge on any atom is 0.124 e. The van der Waals surface area contributed by atoms with Crippen LogP contribution in [0.1, 0.15) is 18.1 Å². The molecule has 3 nitrogen and oxygen atoms in total. The highest BCUT2D eigenvalue weighted by Crippen LogP contribution is 2.28. The van der Waals surface area contributed by atoms with Gasteiger partial charge >= 0.3 is 0 Å². The number of hydrogen-bond donors (Lipinski definition) is 0. The lowest BCUT2D eigenvalue weighted by Gasteiger charge is -2.21. The van der Waals surface area contributed by atoms with Crippen molar-refractivity contribution in [3.63, 3.8) is 0 Å². The number of ether oxygens (including phenoxy) is 1. The van der Waals surface area contributed by atoms with E-state index >= 15 is 0 Å². The molecule has 1 aromatic carbocycles. The number of rotatable bonds is 2. The summed E-state index contributed by atoms with van der Waals surface area (Å²) in [6, 6.07) is 9.94. The lowest BCUT2D eigenvalue weighted by molar-refractivity contribution is 0.156. The predicted molar refractivity (Wildman–Crippen MR) is 79.9 cm³/mol. The van der Waals surface area contributed by atoms with Crippen LogP contribution < -0.4 is 4.74 Å². The number of halogens is 1. The van der Waals surface area contributed by atoms with Crippen LogP contribution in [0.4, 0.5) is 0 Å². The molecule has 0 bridgehead atoms. The van der Waals surface area contributed by atoms with Crippen molar-refractivity contribution < 1.29 is 4.74 Å². The van der Waals surface area contributed by atoms with E-state index in [9.17, 15) is 0 Å². The first kappa shape index (κ1) is 13.4. The molecule has 0 N–H and O–H groups in total. The van der Waals surface area contributed by atoms with Gasteiger partial charge in [0.2, 0.25) is 0 Å². The number of hydrogen-bond acceptors (Lipinski definition) is 3. The number of nitrogens with zero attached hydrogens (tertiary/aromatic N) is 2. The zero-order valence-electron chi connectivity index (χ0n) is 11.4. The molecule has 104 valence electrons. The molecule has 1 aliphatic rings. The third-order valence-electron chi connectivity index (χ3n) is 3.42. The van der Waals surface area contributed by atoms with Gasteiger partial charge in [0.05, 0.1) is 0 Å². The van der Waals surface area contributed by atoms with Crippen LogP contribution in [0.25, 0.3) is 0 Å². The molecular formula is C16H17ClN2O. The van der Waals surface area contributed by atoms with Crippen molar-refractivity contribution in [2.45, 2.75) is 26.1 Å². The van der Waals surface area contributed by atoms with Gasteiger partial charge in [-0.3, -0.25) is 9.88 Å². The zero-order chi connectivity index (χ0) is 13.9. The van der Waals surface area contributed by atoms with E-state index in [2.05, 4.69) is 28.9 Å². The molecule has 0 amide bonds. The largest absolute Gasteiger partial charge is 0.489 e. The third-order valence-corrected chi connectivity index (χ3v) is 3.65. The Morgan fingerprint density at radius 1 is 1.30 bits per heavy atom. The standard InChI is InChI=1S/C16H17ClN2O/c1-12-9-19(10-13-4-6-18-7-5-13)11-14-8-15(17)2-3-16(14)20-12/h2-8,12H,9-11H2,1H3. The van der Waals surface area contributed by atoms with Gasteiger partial charge in [0.15, 0.2) is 0 Å². The normalized spacial score (nSPS) is 19.0. The second-order valence-corrected chi connectivity index (χ2v) is 5.64. The van der Waals surface area contributed by atoms with Gasteiger partial charge in [-0.1, -0.05) is 11.6 Å². The highest BCUT2D eigenvalue weighted by atomic mass is 35.5. The fraction of sp³-hybridized carbons (Fsp3) is 0.312. The van der Waals surface area contributed by atoms with Gasteiger partial charge in [0.25, 0.3) is 0 Å². The van der Waals surface area contributed by atoms with Crippen molar-refractivity contribution in [3.8, 4) is 5.75 Å². The maximum absolute atomic E-state index is 6.09. The van der Waals surface area contributed by atoms with E-state index in [4.69, 9.17) is 16.3 Å². The van der Waals surface area contributed by atoms with E-state index in [1.807, 2.05) is 30.6 Å². The van der Waals surface area contributed by atoms with Gasteiger partial charge in [0, 0.05) is 42.6 Å². The molecule has 2 heterocycles. The van der Waals surface area contributed by atoms with Crippen molar-refractivity contribution in [3.05, 3.63) is 58.9 Å². The molecular weight excluding hydrogens is 272 g/mol. The van der Waals surface area contributed by atoms with Crippen LogP contribution in [-0.4, -0.2) is 22.5 Å². The second kappa shape index (κ2) is 5.81. The Morgan fingerprint density at radius 2 is 2.10 bits per heavy atom. The quantitative estimate of drug-likeness (QED) is 0.845. The molecule has 0 saturated heterocycles. The van der Waals surface area contributed by atoms with E-state index in [0.29, 0.717) is 0 Å². The van der Waals surface area contributed by atoms with E-state index in [1.165, 1.54) is 5.56 Å². The highest BCUT2D eigenvalue weighted by Gasteiger charge is 2.20. The number of aromatic nitrogens is 1. The second-order valence-electron chi connectivity index (χ2n) is 5.21. The Bertz CT molecular complexity index is 588. The Labute approximate surface area is 124 Å². The smallest absolute Gasteiger partial charge is 0.124 e. The van der Waals surface area contributed by atoms with Gasteiger partial charge < -0.3 is 4.74 Å². The van der Waals surface area contributed by atoms with Crippen molar-refractivity contribution in [2.75, 3.05) is 6.54 Å². The fourth-order valence-electron chi connectivity index (χ4n) is 2.58. The molecule has 0 radical (unpaired) electrons. The summed E-state index contributed by atoms with van der Waals surface area (Å²) in [5.74, 6) is 0.944. The summed E-state index contributed by atoms with van der Waals surface area (Å²) in [5, 5.41) is 0.755. The van der Waals surface area contributed by atoms with Crippen LogP contribution in [0, 0.1) is 0 Å². The van der Waals surface area contributed by atoms with Gasteiger partial charge in [-0.15, -0.1) is 0 Å². The Hall–Kier alpha value is -1.58. The topological polar surface area (TPSA) is 25.4 Å². The first-order valence-electron chi connectivity index (χ1n) is 6.77. The molecule has 2 aromatic rings. The SMILES string of the molecule is CC1CN(Cc2ccncc2)Cc2cc(Cl)ccc2O1. The molecule has 0 spiro atoms. The molecule has 20 heavy (non-hydrogen) atoms. The Balaban J connectivity index is 1.83. The van der Waals surface area contributed by atoms with Crippen LogP contribution in [0.3, 0.4) is 0 Å². The zero-order valence-corrected chi connectivity index (χ0v) is 12.2. The summed E-state index contributed by atoms with van der Waals surface area (Å²) in [6.45, 7) is 4.74. The average Bonchev–Trinajstić information content (AvgIpc) is 2.57. The van der Waals surface area contributed by atoms with Gasteiger partial charge in [-0.25, -0.2) is 0 Å². The van der Waals surface area contributed by atoms with Crippen LogP contribution in [-0.2, 0) is 13.1 Å². The molecule has 4 heteroatoms. The lowest BCUT2D eigenvalue weighted by atomic mass is 10.1. The molecule has 0 saturated carbocycles. The summed E-state index contributed by atoms with van der Waals surface area (Å²) in [7, 11) is 0. The monoisotopic (exact) mass is 288 g/mol. The minimum absolute atomic E-state index is 0.166. The average molecular weight is 289 g/mol. The van der Waals surface area contributed by atoms with E-state index in [-0.39, 0.29) is 6.10 Å². The Kier molecular flexibility index (Phi) is 3.90. The summed E-state index contributed by atoms with van der Waals surface area (Å²) in [6.07, 6.45) is 3.83. The van der Waals surface area contributed by atoms with Crippen molar-refractivity contribution >= 4 is 11.6 Å². The van der Waals surface area contributed by atoms with E-state index in [1.54, 1.807) is 0 Å². The van der Waals surface area contributed by atoms with E-state index in [0.717, 1.165) is 36.0 Å². The first-order valence-corrected chi connectivity index (χ1v) is 7.15. The lowest BCUT2D eigenvalue weighted by Crippen LogP contribution is -2.30. The molecule has 1 atom stereocenters. The highest BCUT2D eigenvalue weighted by molar-refractivity contribution is 6.30. The maximum atomic E-state index is 6.09. The molecule has 0 fully saturated rings. The molecule has 1 aliphatic heterocycles. The molecule has 0 aliphatic carbocycles. The number of benzene rings is 1. The van der Waals surface area contributed by atoms with Gasteiger partial charge in [-0.2, -0.15) is 0 Å². The van der Waals surface area contributed by atoms with Crippen LogP contribution >= 0.6 is 11.6 Å². The molecule has 1 unspecified atom stereocenters. The predicted octanol–water partition coefficient (Wildman–Crippen LogP) is 3.52. The van der Waals surface area contributed by atoms with Crippen LogP contribution in [0.15, 0.2) is 42.7 Å². The van der Waals surface area contributed by atoms with Crippen LogP contribution in [0.2, 0.25) is 5.02 Å². The van der Waals surface area contributed by atoms with Gasteiger partial charge in [-0.05, 0) is 42.8 Å². The van der Waals surface area contributed by atoms with Crippen LogP contribution in [0.5, 0.6) is 5.75 Å². The van der Waals surface area contributed by atoms with Crippen molar-refractivity contribution in [1.82, 2.24) is 9.88 Å². The molecule has 1 aromatic heterocycles. The third kappa shape index (κ3) is 3.11. The summed E-state index contributed by atoms with van der Waals surface area (Å²) in [5.41, 5.74) is 2.41. The van der Waals surface area contributed by atoms with Gasteiger partial charge in [0.1, 0.15) is 11.9 Å². The summed E-state index contributed by atoms with van der Waals surface area (Å²) < 4.78 is 5.97. The molecule has 3 rings (SSSR count). The number of fused-ring (bicyclic) bond motifs is 1. The van der Waals surface area contributed by atoms with Crippen molar-refractivity contribution in [2.24, 2.45) is 0 Å². The minimum atomic E-state index is 0.166. The van der Waals surface area contributed by atoms with Crippen molar-refractivity contribution in [1.29, 1.82) is 0 Å². The van der Waals surface area contributed by atoms with E-state index < -0.39 is 0 Å². The Morgan fingerprint density at radius 3 is 2.90 bits per heavy atom. The number of pyridine rings is 1. The first-order chi connectivity index (χ1) is 9.70. The minimum Gasteiger partial charge on any atom is -0.489 e. The summed E-state index contributed by atoms with van der Waals surface area (Å²) in [4.78, 5) is 6.44.